The Morgan fingerprint density at radius 3 is 2.43 bits per heavy atom. The van der Waals surface area contributed by atoms with Gasteiger partial charge in [-0.15, -0.1) is 0 Å². The number of carbonyl (C=O) groups excluding carboxylic acids is 3. The molecule has 2 N–H and O–H groups in total. The minimum atomic E-state index is -0.723. The van der Waals surface area contributed by atoms with E-state index in [0.717, 1.165) is 15.7 Å². The highest BCUT2D eigenvalue weighted by molar-refractivity contribution is 6.53. The summed E-state index contributed by atoms with van der Waals surface area (Å²) >= 11 is 12.4. The van der Waals surface area contributed by atoms with Gasteiger partial charge in [0, 0.05) is 27.3 Å². The number of anilines is 3. The van der Waals surface area contributed by atoms with Gasteiger partial charge in [-0.25, -0.2) is 4.90 Å². The first-order valence-corrected chi connectivity index (χ1v) is 11.9. The van der Waals surface area contributed by atoms with Crippen molar-refractivity contribution < 1.29 is 19.1 Å². The van der Waals surface area contributed by atoms with Gasteiger partial charge >= 0.3 is 0 Å². The fourth-order valence-corrected chi connectivity index (χ4v) is 4.46. The molecule has 4 aromatic carbocycles. The number of fused-ring (bicyclic) bond motifs is 1. The fourth-order valence-electron chi connectivity index (χ4n) is 4.08. The van der Waals surface area contributed by atoms with Crippen molar-refractivity contribution in [2.75, 3.05) is 22.6 Å². The zero-order valence-corrected chi connectivity index (χ0v) is 20.9. The van der Waals surface area contributed by atoms with Crippen LogP contribution in [0.15, 0.2) is 95.7 Å². The van der Waals surface area contributed by atoms with E-state index in [1.165, 1.54) is 13.2 Å². The first-order chi connectivity index (χ1) is 17.9. The molecule has 5 rings (SSSR count). The van der Waals surface area contributed by atoms with Crippen molar-refractivity contribution in [3.05, 3.63) is 106 Å². The van der Waals surface area contributed by atoms with Crippen LogP contribution < -0.4 is 20.3 Å². The number of ether oxygens (including phenoxy) is 1. The molecule has 4 aromatic rings. The average Bonchev–Trinajstić information content (AvgIpc) is 3.11. The number of methoxy groups -OCH3 is 1. The first-order valence-electron chi connectivity index (χ1n) is 11.2. The summed E-state index contributed by atoms with van der Waals surface area (Å²) in [4.78, 5) is 40.0. The number of halogens is 2. The lowest BCUT2D eigenvalue weighted by Crippen LogP contribution is -2.32. The predicted octanol–water partition coefficient (Wildman–Crippen LogP) is 6.19. The molecule has 0 saturated carbocycles. The number of hydrogen-bond donors (Lipinski definition) is 2. The Bertz CT molecular complexity index is 1610. The Hall–Kier alpha value is -4.33. The Morgan fingerprint density at radius 2 is 1.62 bits per heavy atom. The number of carbonyl (C=O) groups is 3. The van der Waals surface area contributed by atoms with E-state index in [4.69, 9.17) is 27.9 Å². The van der Waals surface area contributed by atoms with Crippen molar-refractivity contribution in [3.63, 3.8) is 0 Å². The van der Waals surface area contributed by atoms with Crippen molar-refractivity contribution in [1.82, 2.24) is 0 Å². The predicted molar refractivity (Wildman–Crippen MR) is 145 cm³/mol. The van der Waals surface area contributed by atoms with Crippen LogP contribution in [-0.2, 0) is 9.59 Å². The van der Waals surface area contributed by atoms with E-state index in [9.17, 15) is 14.4 Å². The van der Waals surface area contributed by atoms with E-state index < -0.39 is 11.8 Å². The van der Waals surface area contributed by atoms with Crippen molar-refractivity contribution in [2.24, 2.45) is 0 Å². The molecule has 9 heteroatoms. The molecule has 0 radical (unpaired) electrons. The monoisotopic (exact) mass is 531 g/mol. The maximum atomic E-state index is 13.2. The second-order valence-electron chi connectivity index (χ2n) is 8.14. The molecule has 37 heavy (non-hydrogen) atoms. The summed E-state index contributed by atoms with van der Waals surface area (Å²) in [6.07, 6.45) is 0. The van der Waals surface area contributed by atoms with Crippen molar-refractivity contribution >= 4 is 68.8 Å². The molecular weight excluding hydrogens is 513 g/mol. The molecule has 0 saturated heterocycles. The number of imide groups is 1. The summed E-state index contributed by atoms with van der Waals surface area (Å²) in [6, 6.07) is 24.5. The maximum absolute atomic E-state index is 13.2. The van der Waals surface area contributed by atoms with Gasteiger partial charge in [0.15, 0.2) is 0 Å². The van der Waals surface area contributed by atoms with Crippen LogP contribution in [0, 0.1) is 0 Å². The molecule has 3 amide bonds. The SMILES string of the molecule is COc1ccc(Cl)cc1N1C(=O)C(Cl)=C(Nc2cccc(C(=O)Nc3cccc4ccccc34)c2)C1=O. The van der Waals surface area contributed by atoms with Crippen molar-refractivity contribution in [3.8, 4) is 5.75 Å². The number of rotatable bonds is 6. The van der Waals surface area contributed by atoms with Gasteiger partial charge in [0.25, 0.3) is 17.7 Å². The van der Waals surface area contributed by atoms with E-state index in [1.54, 1.807) is 36.4 Å². The zero-order valence-electron chi connectivity index (χ0n) is 19.4. The van der Waals surface area contributed by atoms with Gasteiger partial charge in [0.2, 0.25) is 0 Å². The summed E-state index contributed by atoms with van der Waals surface area (Å²) in [5, 5.41) is 7.77. The number of nitrogens with zero attached hydrogens (tertiary/aromatic N) is 1. The molecule has 1 heterocycles. The molecule has 0 aliphatic carbocycles. The molecule has 1 aliphatic rings. The largest absolute Gasteiger partial charge is 0.495 e. The van der Waals surface area contributed by atoms with Gasteiger partial charge in [-0.3, -0.25) is 14.4 Å². The number of benzene rings is 4. The Labute approximate surface area is 222 Å². The third-order valence-corrected chi connectivity index (χ3v) is 6.43. The van der Waals surface area contributed by atoms with Crippen LogP contribution in [0.1, 0.15) is 10.4 Å². The summed E-state index contributed by atoms with van der Waals surface area (Å²) in [6.45, 7) is 0. The minimum absolute atomic E-state index is 0.125. The summed E-state index contributed by atoms with van der Waals surface area (Å²) in [5.41, 5.74) is 1.47. The highest BCUT2D eigenvalue weighted by Gasteiger charge is 2.40. The summed E-state index contributed by atoms with van der Waals surface area (Å²) < 4.78 is 5.28. The molecule has 0 bridgehead atoms. The van der Waals surface area contributed by atoms with E-state index in [0.29, 0.717) is 22.0 Å². The summed E-state index contributed by atoms with van der Waals surface area (Å²) in [7, 11) is 1.42. The second kappa shape index (κ2) is 9.97. The van der Waals surface area contributed by atoms with Crippen LogP contribution in [0.5, 0.6) is 5.75 Å². The Balaban J connectivity index is 1.39. The van der Waals surface area contributed by atoms with Crippen LogP contribution in [0.3, 0.4) is 0 Å². The Kier molecular flexibility index (Phi) is 6.56. The molecule has 184 valence electrons. The number of hydrogen-bond acceptors (Lipinski definition) is 5. The molecule has 0 spiro atoms. The molecule has 0 aromatic heterocycles. The van der Waals surface area contributed by atoms with Crippen molar-refractivity contribution in [2.45, 2.75) is 0 Å². The fraction of sp³-hybridized carbons (Fsp3) is 0.0357. The molecule has 0 atom stereocenters. The van der Waals surface area contributed by atoms with Crippen LogP contribution in [0.25, 0.3) is 10.8 Å². The van der Waals surface area contributed by atoms with Gasteiger partial charge < -0.3 is 15.4 Å². The average molecular weight is 532 g/mol. The van der Waals surface area contributed by atoms with Crippen LogP contribution in [0.2, 0.25) is 5.02 Å². The first kappa shape index (κ1) is 24.4. The molecular formula is C28H19Cl2N3O4. The lowest BCUT2D eigenvalue weighted by atomic mass is 10.1. The lowest BCUT2D eigenvalue weighted by Gasteiger charge is -2.18. The highest BCUT2D eigenvalue weighted by atomic mass is 35.5. The van der Waals surface area contributed by atoms with Gasteiger partial charge in [-0.2, -0.15) is 0 Å². The normalized spacial score (nSPS) is 13.3. The van der Waals surface area contributed by atoms with E-state index in [-0.39, 0.29) is 28.1 Å². The van der Waals surface area contributed by atoms with Gasteiger partial charge in [0.1, 0.15) is 16.5 Å². The Morgan fingerprint density at radius 1 is 0.865 bits per heavy atom. The number of nitrogens with one attached hydrogen (secondary N) is 2. The molecule has 7 nitrogen and oxygen atoms in total. The number of amides is 3. The maximum Gasteiger partial charge on any atom is 0.283 e. The van der Waals surface area contributed by atoms with Crippen molar-refractivity contribution in [1.29, 1.82) is 0 Å². The standard InChI is InChI=1S/C28H19Cl2N3O4/c1-37-23-13-12-18(29)15-22(23)33-27(35)24(30)25(28(33)36)31-19-9-4-8-17(14-19)26(34)32-21-11-5-7-16-6-2-3-10-20(16)21/h2-15,31H,1H3,(H,32,34). The third kappa shape index (κ3) is 4.62. The van der Waals surface area contributed by atoms with Gasteiger partial charge in [0.05, 0.1) is 12.8 Å². The second-order valence-corrected chi connectivity index (χ2v) is 8.95. The molecule has 0 unspecified atom stereocenters. The highest BCUT2D eigenvalue weighted by Crippen LogP contribution is 2.37. The van der Waals surface area contributed by atoms with E-state index >= 15 is 0 Å². The topological polar surface area (TPSA) is 87.7 Å². The molecule has 0 fully saturated rings. The van der Waals surface area contributed by atoms with Crippen LogP contribution in [0.4, 0.5) is 17.1 Å². The quantitative estimate of drug-likeness (QED) is 0.289. The molecule has 1 aliphatic heterocycles. The summed E-state index contributed by atoms with van der Waals surface area (Å²) in [5.74, 6) is -1.45. The van der Waals surface area contributed by atoms with Crippen LogP contribution >= 0.6 is 23.2 Å². The van der Waals surface area contributed by atoms with Gasteiger partial charge in [-0.1, -0.05) is 65.7 Å². The van der Waals surface area contributed by atoms with Gasteiger partial charge in [-0.05, 0) is 47.9 Å². The zero-order chi connectivity index (χ0) is 26.1. The van der Waals surface area contributed by atoms with E-state index in [2.05, 4.69) is 10.6 Å². The van der Waals surface area contributed by atoms with E-state index in [1.807, 2.05) is 42.5 Å². The lowest BCUT2D eigenvalue weighted by molar-refractivity contribution is -0.120. The van der Waals surface area contributed by atoms with Crippen LogP contribution in [-0.4, -0.2) is 24.8 Å². The minimum Gasteiger partial charge on any atom is -0.495 e. The smallest absolute Gasteiger partial charge is 0.283 e. The third-order valence-electron chi connectivity index (χ3n) is 5.84.